The van der Waals surface area contributed by atoms with Crippen molar-refractivity contribution in [1.29, 1.82) is 5.26 Å². The van der Waals surface area contributed by atoms with Crippen LogP contribution in [0.2, 0.25) is 0 Å². The van der Waals surface area contributed by atoms with Gasteiger partial charge in [-0.1, -0.05) is 13.3 Å². The summed E-state index contributed by atoms with van der Waals surface area (Å²) in [5, 5.41) is 19.0. The molecule has 0 aliphatic carbocycles. The number of anilines is 1. The van der Waals surface area contributed by atoms with Gasteiger partial charge in [0.2, 0.25) is 0 Å². The summed E-state index contributed by atoms with van der Waals surface area (Å²) in [7, 11) is 0. The number of pyridine rings is 1. The molecule has 1 N–H and O–H groups in total. The third-order valence-corrected chi connectivity index (χ3v) is 2.95. The topological polar surface area (TPSA) is 60.1 Å². The lowest BCUT2D eigenvalue weighted by atomic mass is 9.88. The Morgan fingerprint density at radius 1 is 1.62 bits per heavy atom. The predicted octanol–water partition coefficient (Wildman–Crippen LogP) is 1.30. The molecule has 4 nitrogen and oxygen atoms in total. The Hall–Kier alpha value is -1.60. The predicted molar refractivity (Wildman–Crippen MR) is 61.0 cm³/mol. The van der Waals surface area contributed by atoms with Crippen molar-refractivity contribution in [2.75, 3.05) is 18.0 Å². The standard InChI is InChI=1S/C12H15N3O/c1-2-4-12(16)8-15(9-12)11-7-14-5-3-10(11)6-13/h3,5,7,16H,2,4,8-9H2,1H3. The van der Waals surface area contributed by atoms with Crippen LogP contribution in [0.3, 0.4) is 0 Å². The molecule has 1 aromatic rings. The van der Waals surface area contributed by atoms with Crippen molar-refractivity contribution >= 4 is 5.69 Å². The number of hydrogen-bond acceptors (Lipinski definition) is 4. The van der Waals surface area contributed by atoms with E-state index in [0.717, 1.165) is 18.5 Å². The SMILES string of the molecule is CCCC1(O)CN(c2cnccc2C#N)C1. The molecule has 0 bridgehead atoms. The molecule has 0 spiro atoms. The number of nitriles is 1. The second-order valence-corrected chi connectivity index (χ2v) is 4.34. The lowest BCUT2D eigenvalue weighted by molar-refractivity contribution is 0.00335. The Morgan fingerprint density at radius 3 is 3.00 bits per heavy atom. The number of nitrogens with zero attached hydrogens (tertiary/aromatic N) is 3. The van der Waals surface area contributed by atoms with Crippen molar-refractivity contribution in [3.05, 3.63) is 24.0 Å². The highest BCUT2D eigenvalue weighted by Gasteiger charge is 2.40. The van der Waals surface area contributed by atoms with E-state index in [2.05, 4.69) is 18.0 Å². The van der Waals surface area contributed by atoms with Gasteiger partial charge in [0.15, 0.2) is 0 Å². The van der Waals surface area contributed by atoms with Gasteiger partial charge in [-0.15, -0.1) is 0 Å². The monoisotopic (exact) mass is 217 g/mol. The molecule has 2 rings (SSSR count). The Bertz CT molecular complexity index is 419. The van der Waals surface area contributed by atoms with E-state index in [4.69, 9.17) is 5.26 Å². The molecule has 2 heterocycles. The zero-order chi connectivity index (χ0) is 11.6. The summed E-state index contributed by atoms with van der Waals surface area (Å²) in [6.07, 6.45) is 5.08. The second kappa shape index (κ2) is 4.11. The second-order valence-electron chi connectivity index (χ2n) is 4.34. The molecule has 84 valence electrons. The summed E-state index contributed by atoms with van der Waals surface area (Å²) in [5.74, 6) is 0. The van der Waals surface area contributed by atoms with Gasteiger partial charge in [0.25, 0.3) is 0 Å². The minimum atomic E-state index is -0.572. The van der Waals surface area contributed by atoms with Gasteiger partial charge in [-0.05, 0) is 12.5 Å². The number of β-amino-alcohol motifs (C(OH)–C–C–N with tert-alkyl or cyclic N) is 1. The third-order valence-electron chi connectivity index (χ3n) is 2.95. The Labute approximate surface area is 95.1 Å². The van der Waals surface area contributed by atoms with Crippen LogP contribution >= 0.6 is 0 Å². The first-order valence-electron chi connectivity index (χ1n) is 5.50. The smallest absolute Gasteiger partial charge is 0.101 e. The summed E-state index contributed by atoms with van der Waals surface area (Å²) >= 11 is 0. The summed E-state index contributed by atoms with van der Waals surface area (Å²) in [6, 6.07) is 3.84. The van der Waals surface area contributed by atoms with Gasteiger partial charge < -0.3 is 10.0 Å². The summed E-state index contributed by atoms with van der Waals surface area (Å²) in [6.45, 7) is 3.26. The highest BCUT2D eigenvalue weighted by molar-refractivity contribution is 5.59. The zero-order valence-corrected chi connectivity index (χ0v) is 9.35. The van der Waals surface area contributed by atoms with Crippen molar-refractivity contribution in [3.8, 4) is 6.07 Å². The van der Waals surface area contributed by atoms with Crippen LogP contribution in [0.15, 0.2) is 18.5 Å². The third kappa shape index (κ3) is 1.86. The molecular weight excluding hydrogens is 202 g/mol. The zero-order valence-electron chi connectivity index (χ0n) is 9.35. The average Bonchev–Trinajstić information content (AvgIpc) is 2.26. The van der Waals surface area contributed by atoms with Gasteiger partial charge in [-0.2, -0.15) is 5.26 Å². The molecule has 0 unspecified atom stereocenters. The van der Waals surface area contributed by atoms with Crippen LogP contribution in [0.1, 0.15) is 25.3 Å². The van der Waals surface area contributed by atoms with E-state index in [9.17, 15) is 5.11 Å². The van der Waals surface area contributed by atoms with E-state index in [-0.39, 0.29) is 0 Å². The Balaban J connectivity index is 2.10. The van der Waals surface area contributed by atoms with Crippen LogP contribution in [0.25, 0.3) is 0 Å². The molecular formula is C12H15N3O. The fraction of sp³-hybridized carbons (Fsp3) is 0.500. The lowest BCUT2D eigenvalue weighted by Crippen LogP contribution is -2.62. The fourth-order valence-electron chi connectivity index (χ4n) is 2.19. The first-order chi connectivity index (χ1) is 7.68. The van der Waals surface area contributed by atoms with Crippen molar-refractivity contribution in [3.63, 3.8) is 0 Å². The average molecular weight is 217 g/mol. The van der Waals surface area contributed by atoms with E-state index in [0.29, 0.717) is 18.7 Å². The molecule has 16 heavy (non-hydrogen) atoms. The molecule has 0 radical (unpaired) electrons. The number of aromatic nitrogens is 1. The fourth-order valence-corrected chi connectivity index (χ4v) is 2.19. The van der Waals surface area contributed by atoms with E-state index in [1.54, 1.807) is 18.5 Å². The quantitative estimate of drug-likeness (QED) is 0.829. The molecule has 1 saturated heterocycles. The van der Waals surface area contributed by atoms with Gasteiger partial charge in [-0.25, -0.2) is 0 Å². The van der Waals surface area contributed by atoms with E-state index < -0.39 is 5.60 Å². The highest BCUT2D eigenvalue weighted by atomic mass is 16.3. The van der Waals surface area contributed by atoms with Gasteiger partial charge in [0.05, 0.1) is 23.0 Å². The van der Waals surface area contributed by atoms with Gasteiger partial charge >= 0.3 is 0 Å². The van der Waals surface area contributed by atoms with Crippen LogP contribution in [-0.2, 0) is 0 Å². The van der Waals surface area contributed by atoms with E-state index in [1.165, 1.54) is 0 Å². The van der Waals surface area contributed by atoms with Gasteiger partial charge in [-0.3, -0.25) is 4.98 Å². The maximum atomic E-state index is 10.1. The first-order valence-corrected chi connectivity index (χ1v) is 5.50. The van der Waals surface area contributed by atoms with E-state index >= 15 is 0 Å². The highest BCUT2D eigenvalue weighted by Crippen LogP contribution is 2.32. The molecule has 0 aromatic carbocycles. The number of rotatable bonds is 3. The van der Waals surface area contributed by atoms with Crippen LogP contribution in [-0.4, -0.2) is 28.8 Å². The van der Waals surface area contributed by atoms with Crippen LogP contribution < -0.4 is 4.90 Å². The normalized spacial score (nSPS) is 17.7. The molecule has 1 aliphatic rings. The lowest BCUT2D eigenvalue weighted by Gasteiger charge is -2.48. The molecule has 0 atom stereocenters. The summed E-state index contributed by atoms with van der Waals surface area (Å²) < 4.78 is 0. The number of hydrogen-bond donors (Lipinski definition) is 1. The summed E-state index contributed by atoms with van der Waals surface area (Å²) in [4.78, 5) is 6.02. The molecule has 1 aliphatic heterocycles. The molecule has 1 aromatic heterocycles. The molecule has 1 fully saturated rings. The Morgan fingerprint density at radius 2 is 2.38 bits per heavy atom. The first kappa shape index (κ1) is 10.9. The van der Waals surface area contributed by atoms with Crippen LogP contribution in [0.5, 0.6) is 0 Å². The largest absolute Gasteiger partial charge is 0.386 e. The van der Waals surface area contributed by atoms with Crippen LogP contribution in [0, 0.1) is 11.3 Å². The summed E-state index contributed by atoms with van der Waals surface area (Å²) in [5.41, 5.74) is 0.872. The maximum Gasteiger partial charge on any atom is 0.101 e. The molecule has 0 saturated carbocycles. The van der Waals surface area contributed by atoms with Gasteiger partial charge in [0, 0.05) is 19.3 Å². The minimum absolute atomic E-state index is 0.572. The van der Waals surface area contributed by atoms with Crippen LogP contribution in [0.4, 0.5) is 5.69 Å². The van der Waals surface area contributed by atoms with Crippen molar-refractivity contribution in [2.45, 2.75) is 25.4 Å². The van der Waals surface area contributed by atoms with Crippen molar-refractivity contribution in [2.24, 2.45) is 0 Å². The molecule has 0 amide bonds. The number of aliphatic hydroxyl groups is 1. The maximum absolute atomic E-state index is 10.1. The van der Waals surface area contributed by atoms with Crippen molar-refractivity contribution < 1.29 is 5.11 Å². The van der Waals surface area contributed by atoms with Crippen molar-refractivity contribution in [1.82, 2.24) is 4.98 Å². The minimum Gasteiger partial charge on any atom is -0.386 e. The Kier molecular flexibility index (Phi) is 2.80. The molecule has 4 heteroatoms. The van der Waals surface area contributed by atoms with E-state index in [1.807, 2.05) is 4.90 Å². The van der Waals surface area contributed by atoms with Gasteiger partial charge in [0.1, 0.15) is 6.07 Å².